The quantitative estimate of drug-likeness (QED) is 0.274. The number of hydrogen-bond acceptors (Lipinski definition) is 8. The van der Waals surface area contributed by atoms with E-state index in [-0.39, 0.29) is 18.9 Å². The second kappa shape index (κ2) is 13.4. The van der Waals surface area contributed by atoms with E-state index < -0.39 is 48.4 Å². The topological polar surface area (TPSA) is 140 Å². The Morgan fingerprint density at radius 1 is 0.897 bits per heavy atom. The van der Waals surface area contributed by atoms with Crippen LogP contribution in [0, 0.1) is 0 Å². The maximum atomic E-state index is 12.8. The minimum absolute atomic E-state index is 0.0745. The number of esters is 1. The SMILES string of the molecule is CSCC[C@H](NC(=O)OCC1c2ccccc2-c2ccccc21)C(=O)OC[C@H](NC(=O)OC(C)(C)C)C(=O)O. The first-order valence-corrected chi connectivity index (χ1v) is 13.9. The van der Waals surface area contributed by atoms with Gasteiger partial charge in [-0.2, -0.15) is 11.8 Å². The smallest absolute Gasteiger partial charge is 0.408 e. The molecule has 10 nitrogen and oxygen atoms in total. The third-order valence-electron chi connectivity index (χ3n) is 5.91. The number of amides is 2. The van der Waals surface area contributed by atoms with E-state index in [4.69, 9.17) is 14.2 Å². The van der Waals surface area contributed by atoms with Gasteiger partial charge in [-0.1, -0.05) is 48.5 Å². The van der Waals surface area contributed by atoms with Gasteiger partial charge in [0, 0.05) is 5.92 Å². The molecule has 3 N–H and O–H groups in total. The highest BCUT2D eigenvalue weighted by Gasteiger charge is 2.31. The van der Waals surface area contributed by atoms with Crippen LogP contribution in [0.1, 0.15) is 44.2 Å². The van der Waals surface area contributed by atoms with Crippen molar-refractivity contribution in [2.24, 2.45) is 0 Å². The molecule has 39 heavy (non-hydrogen) atoms. The normalized spacial score (nSPS) is 13.8. The van der Waals surface area contributed by atoms with Crippen LogP contribution in [0.3, 0.4) is 0 Å². The molecule has 3 rings (SSSR count). The van der Waals surface area contributed by atoms with E-state index in [1.807, 2.05) is 54.8 Å². The molecule has 2 aromatic carbocycles. The van der Waals surface area contributed by atoms with Gasteiger partial charge in [-0.05, 0) is 61.5 Å². The lowest BCUT2D eigenvalue weighted by atomic mass is 9.98. The van der Waals surface area contributed by atoms with E-state index in [0.717, 1.165) is 22.3 Å². The predicted molar refractivity (Wildman–Crippen MR) is 147 cm³/mol. The van der Waals surface area contributed by atoms with Crippen molar-refractivity contribution in [3.63, 3.8) is 0 Å². The van der Waals surface area contributed by atoms with Gasteiger partial charge >= 0.3 is 24.1 Å². The summed E-state index contributed by atoms with van der Waals surface area (Å²) in [4.78, 5) is 49.0. The molecule has 2 aromatic rings. The molecule has 210 valence electrons. The molecular weight excluding hydrogens is 524 g/mol. The molecule has 0 radical (unpaired) electrons. The molecular formula is C28H34N2O8S. The maximum absolute atomic E-state index is 12.8. The van der Waals surface area contributed by atoms with Gasteiger partial charge in [-0.25, -0.2) is 19.2 Å². The molecule has 0 heterocycles. The Morgan fingerprint density at radius 3 is 2.00 bits per heavy atom. The highest BCUT2D eigenvalue weighted by atomic mass is 32.2. The number of aliphatic carboxylic acids is 1. The summed E-state index contributed by atoms with van der Waals surface area (Å²) >= 11 is 1.47. The standard InChI is InChI=1S/C28H34N2O8S/c1-28(2,3)38-27(35)30-23(24(31)32)16-36-25(33)22(13-14-39-4)29-26(34)37-15-21-19-11-7-5-9-17(19)18-10-6-8-12-20(18)21/h5-12,21-23H,13-16H2,1-4H3,(H,29,34)(H,30,35)(H,31,32)/t22-,23-/m0/s1. The number of hydrogen-bond donors (Lipinski definition) is 3. The van der Waals surface area contributed by atoms with Crippen LogP contribution in [0.25, 0.3) is 11.1 Å². The van der Waals surface area contributed by atoms with Crippen LogP contribution < -0.4 is 10.6 Å². The number of carbonyl (C=O) groups is 4. The minimum atomic E-state index is -1.53. The molecule has 0 fully saturated rings. The molecule has 11 heteroatoms. The Morgan fingerprint density at radius 2 is 1.46 bits per heavy atom. The Hall–Kier alpha value is -3.73. The Balaban J connectivity index is 1.59. The zero-order valence-corrected chi connectivity index (χ0v) is 23.2. The van der Waals surface area contributed by atoms with E-state index in [9.17, 15) is 24.3 Å². The highest BCUT2D eigenvalue weighted by Crippen LogP contribution is 2.44. The van der Waals surface area contributed by atoms with Crippen LogP contribution in [0.2, 0.25) is 0 Å². The van der Waals surface area contributed by atoms with Crippen LogP contribution in [0.15, 0.2) is 48.5 Å². The third-order valence-corrected chi connectivity index (χ3v) is 6.56. The number of rotatable bonds is 11. The van der Waals surface area contributed by atoms with Crippen molar-refractivity contribution in [1.29, 1.82) is 0 Å². The summed E-state index contributed by atoms with van der Waals surface area (Å²) in [6.07, 6.45) is 0.339. The van der Waals surface area contributed by atoms with Crippen molar-refractivity contribution in [2.75, 3.05) is 25.2 Å². The van der Waals surface area contributed by atoms with Crippen LogP contribution >= 0.6 is 11.8 Å². The van der Waals surface area contributed by atoms with Gasteiger partial charge < -0.3 is 30.0 Å². The number of fused-ring (bicyclic) bond motifs is 3. The first-order chi connectivity index (χ1) is 18.5. The molecule has 0 unspecified atom stereocenters. The summed E-state index contributed by atoms with van der Waals surface area (Å²) in [5.41, 5.74) is 3.47. The lowest BCUT2D eigenvalue weighted by Crippen LogP contribution is -2.48. The predicted octanol–water partition coefficient (Wildman–Crippen LogP) is 4.17. The van der Waals surface area contributed by atoms with Gasteiger partial charge in [0.05, 0.1) is 0 Å². The summed E-state index contributed by atoms with van der Waals surface area (Å²) in [5, 5.41) is 14.1. The van der Waals surface area contributed by atoms with E-state index >= 15 is 0 Å². The van der Waals surface area contributed by atoms with Crippen molar-refractivity contribution in [3.05, 3.63) is 59.7 Å². The van der Waals surface area contributed by atoms with Crippen molar-refractivity contribution in [1.82, 2.24) is 10.6 Å². The number of benzene rings is 2. The number of thioether (sulfide) groups is 1. The van der Waals surface area contributed by atoms with Crippen LogP contribution in [-0.4, -0.2) is 72.1 Å². The molecule has 0 saturated carbocycles. The zero-order valence-electron chi connectivity index (χ0n) is 22.4. The number of alkyl carbamates (subject to hydrolysis) is 2. The summed E-state index contributed by atoms with van der Waals surface area (Å²) in [7, 11) is 0. The van der Waals surface area contributed by atoms with Gasteiger partial charge in [-0.15, -0.1) is 0 Å². The van der Waals surface area contributed by atoms with Crippen molar-refractivity contribution in [3.8, 4) is 11.1 Å². The Labute approximate surface area is 231 Å². The molecule has 2 amide bonds. The van der Waals surface area contributed by atoms with Crippen molar-refractivity contribution in [2.45, 2.75) is 50.8 Å². The summed E-state index contributed by atoms with van der Waals surface area (Å²) < 4.78 is 15.7. The third kappa shape index (κ3) is 8.38. The largest absolute Gasteiger partial charge is 0.480 e. The first kappa shape index (κ1) is 29.8. The van der Waals surface area contributed by atoms with Gasteiger partial charge in [-0.3, -0.25) is 0 Å². The van der Waals surface area contributed by atoms with Gasteiger partial charge in [0.15, 0.2) is 6.04 Å². The second-order valence-corrected chi connectivity index (χ2v) is 11.0. The van der Waals surface area contributed by atoms with Gasteiger partial charge in [0.1, 0.15) is 24.9 Å². The number of carboxylic acids is 1. The van der Waals surface area contributed by atoms with Crippen LogP contribution in [0.5, 0.6) is 0 Å². The highest BCUT2D eigenvalue weighted by molar-refractivity contribution is 7.98. The minimum Gasteiger partial charge on any atom is -0.480 e. The lowest BCUT2D eigenvalue weighted by Gasteiger charge is -2.23. The second-order valence-electron chi connectivity index (χ2n) is 9.97. The van der Waals surface area contributed by atoms with Crippen molar-refractivity contribution >= 4 is 35.9 Å². The van der Waals surface area contributed by atoms with Gasteiger partial charge in [0.2, 0.25) is 0 Å². The number of nitrogens with one attached hydrogen (secondary N) is 2. The van der Waals surface area contributed by atoms with Crippen LogP contribution in [-0.2, 0) is 23.8 Å². The molecule has 0 spiro atoms. The van der Waals surface area contributed by atoms with Gasteiger partial charge in [0.25, 0.3) is 0 Å². The summed E-state index contributed by atoms with van der Waals surface area (Å²) in [5.74, 6) is -1.86. The molecule has 0 saturated heterocycles. The maximum Gasteiger partial charge on any atom is 0.408 e. The Bertz CT molecular complexity index is 1150. The van der Waals surface area contributed by atoms with Crippen molar-refractivity contribution < 1.29 is 38.5 Å². The lowest BCUT2D eigenvalue weighted by molar-refractivity contribution is -0.150. The Kier molecular flexibility index (Phi) is 10.2. The monoisotopic (exact) mass is 558 g/mol. The molecule has 0 aromatic heterocycles. The molecule has 0 aliphatic heterocycles. The average molecular weight is 559 g/mol. The first-order valence-electron chi connectivity index (χ1n) is 12.5. The number of carboxylic acid groups (broad SMARTS) is 1. The summed E-state index contributed by atoms with van der Waals surface area (Å²) in [6.45, 7) is 4.33. The molecule has 1 aliphatic carbocycles. The van der Waals surface area contributed by atoms with E-state index in [1.165, 1.54) is 11.8 Å². The average Bonchev–Trinajstić information content (AvgIpc) is 3.20. The fourth-order valence-electron chi connectivity index (χ4n) is 4.16. The fraction of sp³-hybridized carbons (Fsp3) is 0.429. The van der Waals surface area contributed by atoms with E-state index in [1.54, 1.807) is 20.8 Å². The molecule has 1 aliphatic rings. The van der Waals surface area contributed by atoms with Crippen LogP contribution in [0.4, 0.5) is 9.59 Å². The molecule has 0 bridgehead atoms. The number of carbonyl (C=O) groups excluding carboxylic acids is 3. The zero-order chi connectivity index (χ0) is 28.6. The van der Waals surface area contributed by atoms with E-state index in [0.29, 0.717) is 5.75 Å². The number of ether oxygens (including phenoxy) is 3. The fourth-order valence-corrected chi connectivity index (χ4v) is 4.63. The molecule has 2 atom stereocenters. The summed E-state index contributed by atoms with van der Waals surface area (Å²) in [6, 6.07) is 13.3. The van der Waals surface area contributed by atoms with E-state index in [2.05, 4.69) is 10.6 Å².